The van der Waals surface area contributed by atoms with E-state index in [2.05, 4.69) is 10.0 Å². The van der Waals surface area contributed by atoms with Gasteiger partial charge in [-0.25, -0.2) is 8.42 Å². The Hall–Kier alpha value is -2.34. The molecule has 2 N–H and O–H groups in total. The Morgan fingerprint density at radius 1 is 1.00 bits per heavy atom. The van der Waals surface area contributed by atoms with Crippen molar-refractivity contribution < 1.29 is 13.2 Å². The van der Waals surface area contributed by atoms with Gasteiger partial charge in [0.15, 0.2) is 0 Å². The van der Waals surface area contributed by atoms with E-state index < -0.39 is 10.0 Å². The lowest BCUT2D eigenvalue weighted by Crippen LogP contribution is -2.28. The first-order valence-electron chi connectivity index (χ1n) is 8.32. The highest BCUT2D eigenvalue weighted by Gasteiger charge is 2.14. The van der Waals surface area contributed by atoms with Gasteiger partial charge in [-0.2, -0.15) is 0 Å². The number of hydrogen-bond acceptors (Lipinski definition) is 3. The maximum Gasteiger partial charge on any atom is 0.251 e. The van der Waals surface area contributed by atoms with Gasteiger partial charge in [0.1, 0.15) is 0 Å². The SMILES string of the molecule is CCC(NC(=O)c1ccc(NS(=O)(=O)CC)cc1)c1ccc(C)cc1. The van der Waals surface area contributed by atoms with Crippen molar-refractivity contribution >= 4 is 21.6 Å². The third-order valence-corrected chi connectivity index (χ3v) is 5.30. The fraction of sp³-hybridized carbons (Fsp3) is 0.316. The molecular formula is C19H24N2O3S. The minimum absolute atomic E-state index is 0.00394. The number of sulfonamides is 1. The Labute approximate surface area is 149 Å². The fourth-order valence-electron chi connectivity index (χ4n) is 2.40. The average molecular weight is 360 g/mol. The summed E-state index contributed by atoms with van der Waals surface area (Å²) in [5.41, 5.74) is 3.18. The molecule has 0 aromatic heterocycles. The van der Waals surface area contributed by atoms with Crippen LogP contribution >= 0.6 is 0 Å². The Balaban J connectivity index is 2.08. The van der Waals surface area contributed by atoms with E-state index >= 15 is 0 Å². The Bertz CT molecular complexity index is 813. The molecule has 1 amide bonds. The lowest BCUT2D eigenvalue weighted by atomic mass is 10.0. The van der Waals surface area contributed by atoms with Crippen molar-refractivity contribution in [3.63, 3.8) is 0 Å². The van der Waals surface area contributed by atoms with Crippen LogP contribution in [0.3, 0.4) is 0 Å². The van der Waals surface area contributed by atoms with Gasteiger partial charge >= 0.3 is 0 Å². The molecule has 0 radical (unpaired) electrons. The van der Waals surface area contributed by atoms with Gasteiger partial charge in [0.05, 0.1) is 11.8 Å². The summed E-state index contributed by atoms with van der Waals surface area (Å²) < 4.78 is 25.6. The summed E-state index contributed by atoms with van der Waals surface area (Å²) >= 11 is 0. The molecule has 6 heteroatoms. The highest BCUT2D eigenvalue weighted by atomic mass is 32.2. The quantitative estimate of drug-likeness (QED) is 0.791. The summed E-state index contributed by atoms with van der Waals surface area (Å²) in [6, 6.07) is 14.4. The summed E-state index contributed by atoms with van der Waals surface area (Å²) in [5, 5.41) is 3.02. The second-order valence-electron chi connectivity index (χ2n) is 5.93. The lowest BCUT2D eigenvalue weighted by molar-refractivity contribution is 0.0935. The van der Waals surface area contributed by atoms with Crippen molar-refractivity contribution in [2.75, 3.05) is 10.5 Å². The third-order valence-electron chi connectivity index (χ3n) is 3.99. The zero-order chi connectivity index (χ0) is 18.4. The molecule has 0 heterocycles. The minimum Gasteiger partial charge on any atom is -0.345 e. The molecular weight excluding hydrogens is 336 g/mol. The number of anilines is 1. The van der Waals surface area contributed by atoms with Crippen LogP contribution in [0.4, 0.5) is 5.69 Å². The van der Waals surface area contributed by atoms with Crippen LogP contribution in [0.15, 0.2) is 48.5 Å². The number of nitrogens with one attached hydrogen (secondary N) is 2. The van der Waals surface area contributed by atoms with Crippen LogP contribution in [0, 0.1) is 6.92 Å². The van der Waals surface area contributed by atoms with Gasteiger partial charge in [0.25, 0.3) is 5.91 Å². The van der Waals surface area contributed by atoms with Crippen molar-refractivity contribution in [3.05, 3.63) is 65.2 Å². The average Bonchev–Trinajstić information content (AvgIpc) is 2.60. The molecule has 2 aromatic rings. The molecule has 0 saturated heterocycles. The highest BCUT2D eigenvalue weighted by Crippen LogP contribution is 2.18. The summed E-state index contributed by atoms with van der Waals surface area (Å²) in [5.74, 6) is -0.179. The van der Waals surface area contributed by atoms with Crippen LogP contribution in [0.5, 0.6) is 0 Å². The van der Waals surface area contributed by atoms with Crippen LogP contribution < -0.4 is 10.0 Å². The Morgan fingerprint density at radius 3 is 2.12 bits per heavy atom. The normalized spacial score (nSPS) is 12.4. The molecule has 0 aliphatic heterocycles. The van der Waals surface area contributed by atoms with Crippen molar-refractivity contribution in [1.82, 2.24) is 5.32 Å². The van der Waals surface area contributed by atoms with Gasteiger partial charge in [-0.3, -0.25) is 9.52 Å². The number of rotatable bonds is 7. The number of hydrogen-bond donors (Lipinski definition) is 2. The monoisotopic (exact) mass is 360 g/mol. The van der Waals surface area contributed by atoms with E-state index in [1.807, 2.05) is 38.1 Å². The maximum atomic E-state index is 12.5. The molecule has 0 saturated carbocycles. The van der Waals surface area contributed by atoms with E-state index in [4.69, 9.17) is 0 Å². The molecule has 0 bridgehead atoms. The summed E-state index contributed by atoms with van der Waals surface area (Å²) in [7, 11) is -3.32. The standard InChI is InChI=1S/C19H24N2O3S/c1-4-18(15-8-6-14(3)7-9-15)20-19(22)16-10-12-17(13-11-16)21-25(23,24)5-2/h6-13,18,21H,4-5H2,1-3H3,(H,20,22). The van der Waals surface area contributed by atoms with Gasteiger partial charge < -0.3 is 5.32 Å². The predicted molar refractivity (Wildman–Crippen MR) is 101 cm³/mol. The van der Waals surface area contributed by atoms with E-state index in [1.165, 1.54) is 5.56 Å². The smallest absolute Gasteiger partial charge is 0.251 e. The van der Waals surface area contributed by atoms with Crippen LogP contribution in [-0.2, 0) is 10.0 Å². The molecule has 1 atom stereocenters. The molecule has 0 spiro atoms. The second-order valence-corrected chi connectivity index (χ2v) is 7.94. The predicted octanol–water partition coefficient (Wildman–Crippen LogP) is 3.64. The third kappa shape index (κ3) is 5.32. The number of carbonyl (C=O) groups excluding carboxylic acids is 1. The van der Waals surface area contributed by atoms with E-state index in [0.29, 0.717) is 11.3 Å². The number of amides is 1. The molecule has 25 heavy (non-hydrogen) atoms. The van der Waals surface area contributed by atoms with Gasteiger partial charge in [-0.1, -0.05) is 36.8 Å². The van der Waals surface area contributed by atoms with E-state index in [1.54, 1.807) is 31.2 Å². The van der Waals surface area contributed by atoms with E-state index in [0.717, 1.165) is 12.0 Å². The summed E-state index contributed by atoms with van der Waals surface area (Å²) in [4.78, 5) is 12.5. The number of aryl methyl sites for hydroxylation is 1. The van der Waals surface area contributed by atoms with Crippen molar-refractivity contribution in [3.8, 4) is 0 Å². The number of benzene rings is 2. The first-order chi connectivity index (χ1) is 11.8. The first-order valence-corrected chi connectivity index (χ1v) is 9.98. The van der Waals surface area contributed by atoms with E-state index in [-0.39, 0.29) is 17.7 Å². The van der Waals surface area contributed by atoms with Gasteiger partial charge in [-0.15, -0.1) is 0 Å². The maximum absolute atomic E-state index is 12.5. The summed E-state index contributed by atoms with van der Waals surface area (Å²) in [6.45, 7) is 5.62. The van der Waals surface area contributed by atoms with E-state index in [9.17, 15) is 13.2 Å². The second kappa shape index (κ2) is 8.16. The Morgan fingerprint density at radius 2 is 1.60 bits per heavy atom. The molecule has 1 unspecified atom stereocenters. The van der Waals surface area contributed by atoms with Gasteiger partial charge in [-0.05, 0) is 50.1 Å². The molecule has 0 aliphatic carbocycles. The summed E-state index contributed by atoms with van der Waals surface area (Å²) in [6.07, 6.45) is 0.781. The zero-order valence-electron chi connectivity index (χ0n) is 14.7. The van der Waals surface area contributed by atoms with Crippen molar-refractivity contribution in [2.45, 2.75) is 33.2 Å². The van der Waals surface area contributed by atoms with Crippen LogP contribution in [0.25, 0.3) is 0 Å². The van der Waals surface area contributed by atoms with Crippen LogP contribution in [0.2, 0.25) is 0 Å². The molecule has 2 aromatic carbocycles. The molecule has 0 aliphatic rings. The molecule has 134 valence electrons. The molecule has 2 rings (SSSR count). The molecule has 0 fully saturated rings. The lowest BCUT2D eigenvalue weighted by Gasteiger charge is -2.18. The van der Waals surface area contributed by atoms with Crippen molar-refractivity contribution in [1.29, 1.82) is 0 Å². The first kappa shape index (κ1) is 19.0. The fourth-order valence-corrected chi connectivity index (χ4v) is 3.04. The number of carbonyl (C=O) groups is 1. The minimum atomic E-state index is -3.32. The topological polar surface area (TPSA) is 75.3 Å². The molecule has 5 nitrogen and oxygen atoms in total. The zero-order valence-corrected chi connectivity index (χ0v) is 15.6. The van der Waals surface area contributed by atoms with Gasteiger partial charge in [0, 0.05) is 11.3 Å². The van der Waals surface area contributed by atoms with Crippen LogP contribution in [0.1, 0.15) is 47.8 Å². The van der Waals surface area contributed by atoms with Crippen LogP contribution in [-0.4, -0.2) is 20.1 Å². The largest absolute Gasteiger partial charge is 0.345 e. The highest BCUT2D eigenvalue weighted by molar-refractivity contribution is 7.92. The van der Waals surface area contributed by atoms with Crippen molar-refractivity contribution in [2.24, 2.45) is 0 Å². The Kier molecular flexibility index (Phi) is 6.20. The van der Waals surface area contributed by atoms with Gasteiger partial charge in [0.2, 0.25) is 10.0 Å².